The summed E-state index contributed by atoms with van der Waals surface area (Å²) >= 11 is 1.61. The molecule has 2 saturated heterocycles. The van der Waals surface area contributed by atoms with E-state index in [1.54, 1.807) is 11.3 Å². The molecule has 2 aromatic rings. The summed E-state index contributed by atoms with van der Waals surface area (Å²) in [6.45, 7) is 3.98. The zero-order valence-corrected chi connectivity index (χ0v) is 15.3. The van der Waals surface area contributed by atoms with Crippen LogP contribution in [0.2, 0.25) is 0 Å². The Balaban J connectivity index is 1.35. The molecule has 3 heterocycles. The third kappa shape index (κ3) is 3.93. The second kappa shape index (κ2) is 7.67. The van der Waals surface area contributed by atoms with Gasteiger partial charge in [-0.1, -0.05) is 30.3 Å². The Labute approximate surface area is 153 Å². The highest BCUT2D eigenvalue weighted by Gasteiger charge is 2.32. The molecule has 132 valence electrons. The van der Waals surface area contributed by atoms with Crippen LogP contribution in [0.1, 0.15) is 33.9 Å². The van der Waals surface area contributed by atoms with Crippen LogP contribution in [0.4, 0.5) is 0 Å². The second-order valence-corrected chi connectivity index (χ2v) is 8.10. The summed E-state index contributed by atoms with van der Waals surface area (Å²) in [5.41, 5.74) is 1.96. The van der Waals surface area contributed by atoms with Crippen LogP contribution in [0.15, 0.2) is 35.7 Å². The summed E-state index contributed by atoms with van der Waals surface area (Å²) in [4.78, 5) is 19.5. The number of amides is 1. The maximum Gasteiger partial charge on any atom is 0.273 e. The van der Waals surface area contributed by atoms with E-state index in [1.807, 2.05) is 16.3 Å². The predicted molar refractivity (Wildman–Crippen MR) is 101 cm³/mol. The molecule has 0 unspecified atom stereocenters. The minimum Gasteiger partial charge on any atom is -0.337 e. The van der Waals surface area contributed by atoms with Crippen molar-refractivity contribution in [2.24, 2.45) is 11.8 Å². The van der Waals surface area contributed by atoms with Crippen molar-refractivity contribution < 1.29 is 4.79 Å². The number of likely N-dealkylation sites (tertiary alicyclic amines) is 1. The van der Waals surface area contributed by atoms with Gasteiger partial charge < -0.3 is 10.2 Å². The zero-order valence-electron chi connectivity index (χ0n) is 14.5. The highest BCUT2D eigenvalue weighted by molar-refractivity contribution is 7.09. The molecule has 2 aliphatic rings. The number of aryl methyl sites for hydroxylation is 2. The van der Waals surface area contributed by atoms with Crippen LogP contribution in [0.25, 0.3) is 0 Å². The van der Waals surface area contributed by atoms with E-state index in [0.29, 0.717) is 5.69 Å². The maximum atomic E-state index is 12.8. The number of nitrogens with zero attached hydrogens (tertiary/aromatic N) is 2. The molecule has 1 amide bonds. The van der Waals surface area contributed by atoms with Crippen LogP contribution in [0.5, 0.6) is 0 Å². The van der Waals surface area contributed by atoms with Crippen molar-refractivity contribution in [2.75, 3.05) is 26.2 Å². The van der Waals surface area contributed by atoms with Gasteiger partial charge in [-0.2, -0.15) is 0 Å². The smallest absolute Gasteiger partial charge is 0.273 e. The molecule has 2 atom stereocenters. The van der Waals surface area contributed by atoms with E-state index >= 15 is 0 Å². The van der Waals surface area contributed by atoms with E-state index in [4.69, 9.17) is 0 Å². The molecule has 1 aromatic heterocycles. The van der Waals surface area contributed by atoms with Crippen molar-refractivity contribution in [3.63, 3.8) is 0 Å². The molecule has 0 saturated carbocycles. The molecule has 0 spiro atoms. The first-order chi connectivity index (χ1) is 12.3. The van der Waals surface area contributed by atoms with E-state index in [-0.39, 0.29) is 5.91 Å². The second-order valence-electron chi connectivity index (χ2n) is 7.16. The van der Waals surface area contributed by atoms with Gasteiger partial charge in [0.05, 0.1) is 5.01 Å². The van der Waals surface area contributed by atoms with Gasteiger partial charge in [0.15, 0.2) is 0 Å². The van der Waals surface area contributed by atoms with E-state index < -0.39 is 0 Å². The number of hydrogen-bond acceptors (Lipinski definition) is 4. The first-order valence-corrected chi connectivity index (χ1v) is 10.2. The minimum atomic E-state index is 0.121. The van der Waals surface area contributed by atoms with E-state index in [0.717, 1.165) is 68.7 Å². The number of aromatic nitrogens is 1. The largest absolute Gasteiger partial charge is 0.337 e. The monoisotopic (exact) mass is 355 g/mol. The van der Waals surface area contributed by atoms with Crippen LogP contribution >= 0.6 is 11.3 Å². The standard InChI is InChI=1S/C20H25N3OS/c24-20(23-10-8-16-12-21-13-17(16)9-11-23)18-14-25-19(22-18)7-6-15-4-2-1-3-5-15/h1-5,14,16-17,21H,6-13H2/t16-,17+. The van der Waals surface area contributed by atoms with Gasteiger partial charge in [0.25, 0.3) is 5.91 Å². The highest BCUT2D eigenvalue weighted by Crippen LogP contribution is 2.27. The molecular formula is C20H25N3OS. The Morgan fingerprint density at radius 2 is 1.84 bits per heavy atom. The average molecular weight is 356 g/mol. The summed E-state index contributed by atoms with van der Waals surface area (Å²) < 4.78 is 0. The van der Waals surface area contributed by atoms with Crippen LogP contribution in [-0.2, 0) is 12.8 Å². The maximum absolute atomic E-state index is 12.8. The van der Waals surface area contributed by atoms with Crippen molar-refractivity contribution in [3.05, 3.63) is 52.0 Å². The fourth-order valence-electron chi connectivity index (χ4n) is 4.00. The molecule has 1 aromatic carbocycles. The van der Waals surface area contributed by atoms with Gasteiger partial charge in [0.1, 0.15) is 5.69 Å². The number of fused-ring (bicyclic) bond motifs is 1. The van der Waals surface area contributed by atoms with Crippen LogP contribution in [-0.4, -0.2) is 42.0 Å². The number of benzene rings is 1. The van der Waals surface area contributed by atoms with Gasteiger partial charge in [-0.15, -0.1) is 11.3 Å². The lowest BCUT2D eigenvalue weighted by Crippen LogP contribution is -2.33. The minimum absolute atomic E-state index is 0.121. The molecule has 2 fully saturated rings. The van der Waals surface area contributed by atoms with Gasteiger partial charge in [-0.3, -0.25) is 4.79 Å². The lowest BCUT2D eigenvalue weighted by Gasteiger charge is -2.19. The van der Waals surface area contributed by atoms with Crippen LogP contribution in [0, 0.1) is 11.8 Å². The Hall–Kier alpha value is -1.72. The number of nitrogens with one attached hydrogen (secondary N) is 1. The van der Waals surface area contributed by atoms with E-state index in [1.165, 1.54) is 5.56 Å². The fourth-order valence-corrected chi connectivity index (χ4v) is 4.78. The van der Waals surface area contributed by atoms with Crippen LogP contribution < -0.4 is 5.32 Å². The number of carbonyl (C=O) groups is 1. The quantitative estimate of drug-likeness (QED) is 0.917. The fraction of sp³-hybridized carbons (Fsp3) is 0.500. The lowest BCUT2D eigenvalue weighted by atomic mass is 9.92. The number of rotatable bonds is 4. The number of carbonyl (C=O) groups excluding carboxylic acids is 1. The summed E-state index contributed by atoms with van der Waals surface area (Å²) in [5.74, 6) is 1.61. The third-order valence-electron chi connectivity index (χ3n) is 5.55. The zero-order chi connectivity index (χ0) is 17.1. The molecule has 5 heteroatoms. The first-order valence-electron chi connectivity index (χ1n) is 9.28. The van der Waals surface area contributed by atoms with Crippen molar-refractivity contribution in [1.82, 2.24) is 15.2 Å². The normalized spacial score (nSPS) is 23.3. The summed E-state index contributed by atoms with van der Waals surface area (Å²) in [5, 5.41) is 6.48. The molecule has 1 N–H and O–H groups in total. The highest BCUT2D eigenvalue weighted by atomic mass is 32.1. The average Bonchev–Trinajstić information content (AvgIpc) is 3.26. The molecular weight excluding hydrogens is 330 g/mol. The SMILES string of the molecule is O=C(c1csc(CCc2ccccc2)n1)N1CC[C@@H]2CNC[C@@H]2CC1. The van der Waals surface area contributed by atoms with E-state index in [2.05, 4.69) is 34.6 Å². The molecule has 0 radical (unpaired) electrons. The van der Waals surface area contributed by atoms with E-state index in [9.17, 15) is 4.79 Å². The van der Waals surface area contributed by atoms with Gasteiger partial charge in [-0.05, 0) is 49.8 Å². The van der Waals surface area contributed by atoms with Gasteiger partial charge in [0.2, 0.25) is 0 Å². The summed E-state index contributed by atoms with van der Waals surface area (Å²) in [6, 6.07) is 10.5. The Kier molecular flexibility index (Phi) is 5.13. The number of thiazole rings is 1. The van der Waals surface area contributed by atoms with Gasteiger partial charge in [-0.25, -0.2) is 4.98 Å². The first kappa shape index (κ1) is 16.7. The van der Waals surface area contributed by atoms with Crippen molar-refractivity contribution in [3.8, 4) is 0 Å². The van der Waals surface area contributed by atoms with Crippen molar-refractivity contribution in [1.29, 1.82) is 0 Å². The Morgan fingerprint density at radius 3 is 2.56 bits per heavy atom. The van der Waals surface area contributed by atoms with Crippen molar-refractivity contribution >= 4 is 17.2 Å². The van der Waals surface area contributed by atoms with Gasteiger partial charge in [0, 0.05) is 24.9 Å². The molecule has 0 aliphatic carbocycles. The molecule has 4 rings (SSSR count). The molecule has 25 heavy (non-hydrogen) atoms. The lowest BCUT2D eigenvalue weighted by molar-refractivity contribution is 0.0753. The molecule has 0 bridgehead atoms. The van der Waals surface area contributed by atoms with Crippen molar-refractivity contribution in [2.45, 2.75) is 25.7 Å². The van der Waals surface area contributed by atoms with Crippen LogP contribution in [0.3, 0.4) is 0 Å². The summed E-state index contributed by atoms with van der Waals surface area (Å²) in [6.07, 6.45) is 4.11. The summed E-state index contributed by atoms with van der Waals surface area (Å²) in [7, 11) is 0. The predicted octanol–water partition coefficient (Wildman–Crippen LogP) is 3.00. The molecule has 4 nitrogen and oxygen atoms in total. The third-order valence-corrected chi connectivity index (χ3v) is 6.46. The molecule has 2 aliphatic heterocycles. The number of hydrogen-bond donors (Lipinski definition) is 1. The van der Waals surface area contributed by atoms with Gasteiger partial charge >= 0.3 is 0 Å². The topological polar surface area (TPSA) is 45.2 Å². The Bertz CT molecular complexity index is 701. The Morgan fingerprint density at radius 1 is 1.12 bits per heavy atom.